The molecule has 3 aromatic rings. The van der Waals surface area contributed by atoms with Gasteiger partial charge in [0.1, 0.15) is 18.2 Å². The molecule has 6 heteroatoms. The van der Waals surface area contributed by atoms with E-state index in [1.54, 1.807) is 30.1 Å². The van der Waals surface area contributed by atoms with Crippen molar-refractivity contribution in [2.75, 3.05) is 13.6 Å². The first-order valence-electron chi connectivity index (χ1n) is 8.34. The highest BCUT2D eigenvalue weighted by Crippen LogP contribution is 2.14. The lowest BCUT2D eigenvalue weighted by Crippen LogP contribution is -2.29. The van der Waals surface area contributed by atoms with Crippen LogP contribution in [0.3, 0.4) is 0 Å². The van der Waals surface area contributed by atoms with Gasteiger partial charge < -0.3 is 9.64 Å². The molecule has 0 aliphatic rings. The second-order valence-corrected chi connectivity index (χ2v) is 5.99. The van der Waals surface area contributed by atoms with E-state index < -0.39 is 0 Å². The lowest BCUT2D eigenvalue weighted by molar-refractivity contribution is 0.0791. The SMILES string of the molecule is CN(CCc1ccccc1)C(=O)c1cc(COc2cccc(F)c2)[nH]n1. The number of carbonyl (C=O) groups is 1. The molecular formula is C20H20FN3O2. The number of aromatic amines is 1. The second kappa shape index (κ2) is 8.29. The average Bonchev–Trinajstić information content (AvgIpc) is 3.14. The number of benzene rings is 2. The molecule has 0 atom stereocenters. The normalized spacial score (nSPS) is 10.5. The third kappa shape index (κ3) is 4.69. The van der Waals surface area contributed by atoms with Crippen LogP contribution in [0.15, 0.2) is 60.7 Å². The largest absolute Gasteiger partial charge is 0.487 e. The summed E-state index contributed by atoms with van der Waals surface area (Å²) >= 11 is 0. The van der Waals surface area contributed by atoms with Gasteiger partial charge in [0, 0.05) is 19.7 Å². The Labute approximate surface area is 151 Å². The van der Waals surface area contributed by atoms with Gasteiger partial charge in [-0.1, -0.05) is 36.4 Å². The lowest BCUT2D eigenvalue weighted by Gasteiger charge is -2.15. The fourth-order valence-electron chi connectivity index (χ4n) is 2.50. The van der Waals surface area contributed by atoms with Gasteiger partial charge in [-0.25, -0.2) is 4.39 Å². The Morgan fingerprint density at radius 1 is 1.15 bits per heavy atom. The number of likely N-dealkylation sites (N-methyl/N-ethyl adjacent to an activating group) is 1. The van der Waals surface area contributed by atoms with E-state index in [1.807, 2.05) is 30.3 Å². The monoisotopic (exact) mass is 353 g/mol. The third-order valence-electron chi connectivity index (χ3n) is 3.97. The van der Waals surface area contributed by atoms with Gasteiger partial charge in [-0.05, 0) is 30.2 Å². The van der Waals surface area contributed by atoms with Crippen LogP contribution >= 0.6 is 0 Å². The summed E-state index contributed by atoms with van der Waals surface area (Å²) in [6.45, 7) is 0.780. The van der Waals surface area contributed by atoms with Crippen molar-refractivity contribution in [3.05, 3.63) is 83.4 Å². The van der Waals surface area contributed by atoms with Crippen LogP contribution in [0.4, 0.5) is 4.39 Å². The molecule has 5 nitrogen and oxygen atoms in total. The Morgan fingerprint density at radius 2 is 1.96 bits per heavy atom. The highest BCUT2D eigenvalue weighted by molar-refractivity contribution is 5.92. The highest BCUT2D eigenvalue weighted by atomic mass is 19.1. The predicted molar refractivity (Wildman–Crippen MR) is 96.4 cm³/mol. The zero-order valence-corrected chi connectivity index (χ0v) is 14.5. The number of amides is 1. The zero-order valence-electron chi connectivity index (χ0n) is 14.5. The molecule has 134 valence electrons. The van der Waals surface area contributed by atoms with Gasteiger partial charge >= 0.3 is 0 Å². The van der Waals surface area contributed by atoms with Gasteiger partial charge in [0.2, 0.25) is 0 Å². The van der Waals surface area contributed by atoms with Crippen LogP contribution in [-0.4, -0.2) is 34.6 Å². The minimum absolute atomic E-state index is 0.158. The van der Waals surface area contributed by atoms with Crippen molar-refractivity contribution in [1.82, 2.24) is 15.1 Å². The Hall–Kier alpha value is -3.15. The van der Waals surface area contributed by atoms with Crippen molar-refractivity contribution in [3.8, 4) is 5.75 Å². The van der Waals surface area contributed by atoms with Gasteiger partial charge in [0.15, 0.2) is 5.69 Å². The highest BCUT2D eigenvalue weighted by Gasteiger charge is 2.15. The number of hydrogen-bond acceptors (Lipinski definition) is 3. The number of hydrogen-bond donors (Lipinski definition) is 1. The fraction of sp³-hybridized carbons (Fsp3) is 0.200. The first-order chi connectivity index (χ1) is 12.6. The number of aromatic nitrogens is 2. The predicted octanol–water partition coefficient (Wildman–Crippen LogP) is 3.44. The van der Waals surface area contributed by atoms with Gasteiger partial charge in [-0.3, -0.25) is 9.89 Å². The van der Waals surface area contributed by atoms with Crippen LogP contribution in [0, 0.1) is 5.82 Å². The molecule has 1 aromatic heterocycles. The fourth-order valence-corrected chi connectivity index (χ4v) is 2.50. The number of H-pyrrole nitrogens is 1. The van der Waals surface area contributed by atoms with Crippen LogP contribution in [-0.2, 0) is 13.0 Å². The third-order valence-corrected chi connectivity index (χ3v) is 3.97. The van der Waals surface area contributed by atoms with E-state index in [-0.39, 0.29) is 18.3 Å². The summed E-state index contributed by atoms with van der Waals surface area (Å²) < 4.78 is 18.6. The standard InChI is InChI=1S/C20H20FN3O2/c1-24(11-10-15-6-3-2-4-7-15)20(25)19-13-17(22-23-19)14-26-18-9-5-8-16(21)12-18/h2-9,12-13H,10-11,14H2,1H3,(H,22,23). The van der Waals surface area contributed by atoms with E-state index in [1.165, 1.54) is 17.7 Å². The quantitative estimate of drug-likeness (QED) is 0.708. The smallest absolute Gasteiger partial charge is 0.274 e. The molecule has 0 radical (unpaired) electrons. The number of rotatable bonds is 7. The summed E-state index contributed by atoms with van der Waals surface area (Å²) in [6, 6.07) is 17.6. The molecule has 0 fully saturated rings. The average molecular weight is 353 g/mol. The van der Waals surface area contributed by atoms with Gasteiger partial charge in [-0.2, -0.15) is 5.10 Å². The van der Waals surface area contributed by atoms with E-state index >= 15 is 0 Å². The summed E-state index contributed by atoms with van der Waals surface area (Å²) in [5.41, 5.74) is 2.16. The van der Waals surface area contributed by atoms with E-state index in [9.17, 15) is 9.18 Å². The molecule has 2 aromatic carbocycles. The molecule has 1 N–H and O–H groups in total. The van der Waals surface area contributed by atoms with Crippen molar-refractivity contribution in [3.63, 3.8) is 0 Å². The molecule has 0 spiro atoms. The van der Waals surface area contributed by atoms with Crippen molar-refractivity contribution < 1.29 is 13.9 Å². The first-order valence-corrected chi connectivity index (χ1v) is 8.34. The first kappa shape index (κ1) is 17.7. The maximum absolute atomic E-state index is 13.1. The molecule has 0 aliphatic carbocycles. The summed E-state index contributed by atoms with van der Waals surface area (Å²) in [5.74, 6) is -0.0929. The summed E-state index contributed by atoms with van der Waals surface area (Å²) in [7, 11) is 1.75. The Balaban J connectivity index is 1.53. The maximum Gasteiger partial charge on any atom is 0.274 e. The Bertz CT molecular complexity index is 864. The van der Waals surface area contributed by atoms with E-state index in [2.05, 4.69) is 10.2 Å². The molecule has 0 saturated carbocycles. The number of nitrogens with one attached hydrogen (secondary N) is 1. The topological polar surface area (TPSA) is 58.2 Å². The molecule has 0 aliphatic heterocycles. The number of carbonyl (C=O) groups excluding carboxylic acids is 1. The minimum Gasteiger partial charge on any atom is -0.487 e. The number of ether oxygens (including phenoxy) is 1. The Kier molecular flexibility index (Phi) is 5.63. The molecule has 26 heavy (non-hydrogen) atoms. The molecule has 0 saturated heterocycles. The van der Waals surface area contributed by atoms with Crippen LogP contribution in [0.25, 0.3) is 0 Å². The molecular weight excluding hydrogens is 333 g/mol. The minimum atomic E-state index is -0.358. The van der Waals surface area contributed by atoms with Gasteiger partial charge in [-0.15, -0.1) is 0 Å². The van der Waals surface area contributed by atoms with E-state index in [0.717, 1.165) is 6.42 Å². The number of nitrogens with zero attached hydrogens (tertiary/aromatic N) is 2. The Morgan fingerprint density at radius 3 is 2.73 bits per heavy atom. The van der Waals surface area contributed by atoms with Crippen LogP contribution in [0.5, 0.6) is 5.75 Å². The van der Waals surface area contributed by atoms with Crippen molar-refractivity contribution >= 4 is 5.91 Å². The molecule has 0 unspecified atom stereocenters. The number of halogens is 1. The molecule has 1 amide bonds. The van der Waals surface area contributed by atoms with Crippen molar-refractivity contribution in [2.45, 2.75) is 13.0 Å². The molecule has 1 heterocycles. The zero-order chi connectivity index (χ0) is 18.4. The summed E-state index contributed by atoms with van der Waals surface area (Å²) in [4.78, 5) is 14.1. The van der Waals surface area contributed by atoms with E-state index in [0.29, 0.717) is 23.7 Å². The van der Waals surface area contributed by atoms with Crippen molar-refractivity contribution in [2.24, 2.45) is 0 Å². The molecule has 0 bridgehead atoms. The van der Waals surface area contributed by atoms with Gasteiger partial charge in [0.05, 0.1) is 5.69 Å². The summed E-state index contributed by atoms with van der Waals surface area (Å²) in [6.07, 6.45) is 0.781. The lowest BCUT2D eigenvalue weighted by atomic mass is 10.1. The maximum atomic E-state index is 13.1. The van der Waals surface area contributed by atoms with E-state index in [4.69, 9.17) is 4.74 Å². The van der Waals surface area contributed by atoms with Crippen LogP contribution in [0.2, 0.25) is 0 Å². The van der Waals surface area contributed by atoms with Crippen molar-refractivity contribution in [1.29, 1.82) is 0 Å². The van der Waals surface area contributed by atoms with Crippen LogP contribution < -0.4 is 4.74 Å². The van der Waals surface area contributed by atoms with Gasteiger partial charge in [0.25, 0.3) is 5.91 Å². The van der Waals surface area contributed by atoms with Crippen LogP contribution in [0.1, 0.15) is 21.7 Å². The second-order valence-electron chi connectivity index (χ2n) is 5.99. The molecule has 3 rings (SSSR count). The summed E-state index contributed by atoms with van der Waals surface area (Å²) in [5, 5.41) is 6.84.